The molecule has 3 unspecified atom stereocenters. The van der Waals surface area contributed by atoms with Crippen LogP contribution in [0.3, 0.4) is 0 Å². The molecule has 4 rings (SSSR count). The van der Waals surface area contributed by atoms with Crippen LogP contribution in [-0.2, 0) is 41.7 Å². The Morgan fingerprint density at radius 3 is 1.54 bits per heavy atom. The van der Waals surface area contributed by atoms with Crippen LogP contribution in [0.5, 0.6) is 5.75 Å². The number of aliphatic hydroxyl groups excluding tert-OH is 4. The number of benzene rings is 2. The van der Waals surface area contributed by atoms with Gasteiger partial charge in [-0.15, -0.1) is 0 Å². The van der Waals surface area contributed by atoms with Gasteiger partial charge < -0.3 is 56.5 Å². The van der Waals surface area contributed by atoms with Crippen LogP contribution in [0.2, 0.25) is 0 Å². The number of aromatic nitrogens is 6. The van der Waals surface area contributed by atoms with Crippen LogP contribution in [0.1, 0.15) is 17.5 Å². The average molecular weight is 967 g/mol. The summed E-state index contributed by atoms with van der Waals surface area (Å²) in [4.78, 5) is 24.0. The molecule has 63 heavy (non-hydrogen) atoms. The fraction of sp³-hybridized carbons (Fsp3) is 0.355. The van der Waals surface area contributed by atoms with E-state index in [-0.39, 0.29) is 96.5 Å². The molecule has 0 bridgehead atoms. The van der Waals surface area contributed by atoms with Gasteiger partial charge in [-0.25, -0.2) is 0 Å². The summed E-state index contributed by atoms with van der Waals surface area (Å²) in [5.74, 6) is -2.62. The van der Waals surface area contributed by atoms with E-state index in [0.29, 0.717) is 0 Å². The van der Waals surface area contributed by atoms with Gasteiger partial charge in [0.25, 0.3) is 30.4 Å². The second kappa shape index (κ2) is 22.7. The molecule has 4 aromatic rings. The third-order valence-corrected chi connectivity index (χ3v) is 10.3. The van der Waals surface area contributed by atoms with Gasteiger partial charge in [-0.1, -0.05) is 18.2 Å². The molecule has 0 saturated carbocycles. The first kappa shape index (κ1) is 50.1. The first-order valence-corrected chi connectivity index (χ1v) is 23.5. The standard InChI is InChI=1S/C31H42N12O16S4/c44-16-22(46)7-8-32-26-38-27(33-9-11-61(50,51)52)41-30(40-26)36-20-5-3-18(24(13-20)59-60(48)49)1-2-19-4-6-21(14-25(19)63(56,57)58)37-31-42-28(34-10-12-62(53,54)55)39-29(43-31)35-15-23(47)17-45/h1-6,13-14,22-23,44-47H,7-12,15-17H2,(H,48,49)(H,50,51,52)(H,53,54,55)(H,56,57,58)(H3,32,33,36,38,40,41)(H3,34,35,37,39,42,43). The summed E-state index contributed by atoms with van der Waals surface area (Å²) >= 11 is -2.87. The molecule has 0 amide bonds. The Labute approximate surface area is 361 Å². The van der Waals surface area contributed by atoms with Crippen LogP contribution in [-0.4, -0.2) is 161 Å². The predicted octanol–water partition coefficient (Wildman–Crippen LogP) is -1.00. The second-order valence-corrected chi connectivity index (χ2v) is 17.8. The van der Waals surface area contributed by atoms with Crippen molar-refractivity contribution in [2.75, 3.05) is 82.8 Å². The summed E-state index contributed by atoms with van der Waals surface area (Å²) < 4.78 is 125. The highest BCUT2D eigenvalue weighted by molar-refractivity contribution is 7.86. The molecular weight excluding hydrogens is 925 g/mol. The van der Waals surface area contributed by atoms with Gasteiger partial charge >= 0.3 is 11.4 Å². The zero-order valence-corrected chi connectivity index (χ0v) is 35.6. The largest absolute Gasteiger partial charge is 0.394 e. The average Bonchev–Trinajstić information content (AvgIpc) is 3.18. The van der Waals surface area contributed by atoms with Crippen LogP contribution < -0.4 is 36.1 Å². The molecule has 0 spiro atoms. The lowest BCUT2D eigenvalue weighted by Gasteiger charge is -2.13. The molecule has 346 valence electrons. The SMILES string of the molecule is O=S(O)Oc1cc(Nc2nc(NCCC(O)CO)nc(NCCS(=O)(=O)O)n2)ccc1C=Cc1ccc(Nc2nc(NCCS(=O)(=O)O)nc(NCC(O)CO)n2)cc1S(=O)(=O)O. The van der Waals surface area contributed by atoms with E-state index < -0.39 is 83.5 Å². The first-order chi connectivity index (χ1) is 29.6. The second-order valence-electron chi connectivity index (χ2n) is 12.7. The quantitative estimate of drug-likeness (QED) is 0.0204. The van der Waals surface area contributed by atoms with Crippen molar-refractivity contribution in [1.82, 2.24) is 29.9 Å². The minimum Gasteiger partial charge on any atom is -0.394 e. The van der Waals surface area contributed by atoms with Crippen molar-refractivity contribution < 1.29 is 72.3 Å². The van der Waals surface area contributed by atoms with E-state index in [1.807, 2.05) is 0 Å². The van der Waals surface area contributed by atoms with Gasteiger partial charge in [0.15, 0.2) is 5.75 Å². The van der Waals surface area contributed by atoms with Gasteiger partial charge in [-0.05, 0) is 36.2 Å². The monoisotopic (exact) mass is 966 g/mol. The number of nitrogens with one attached hydrogen (secondary N) is 6. The smallest absolute Gasteiger partial charge is 0.357 e. The Hall–Kier alpha value is -5.52. The first-order valence-electron chi connectivity index (χ1n) is 17.8. The molecule has 0 aliphatic carbocycles. The third kappa shape index (κ3) is 18.0. The van der Waals surface area contributed by atoms with Gasteiger partial charge in [0.2, 0.25) is 35.7 Å². The Morgan fingerprint density at radius 2 is 1.06 bits per heavy atom. The highest BCUT2D eigenvalue weighted by atomic mass is 32.2. The van der Waals surface area contributed by atoms with Crippen LogP contribution >= 0.6 is 0 Å². The number of hydrogen-bond donors (Lipinski definition) is 14. The van der Waals surface area contributed by atoms with Crippen LogP contribution in [0.25, 0.3) is 12.2 Å². The van der Waals surface area contributed by atoms with Gasteiger partial charge in [0.1, 0.15) is 4.90 Å². The molecule has 0 radical (unpaired) electrons. The maximum Gasteiger partial charge on any atom is 0.357 e. The van der Waals surface area contributed by atoms with E-state index in [4.69, 9.17) is 23.5 Å². The number of hydrogen-bond acceptors (Lipinski definition) is 24. The highest BCUT2D eigenvalue weighted by Gasteiger charge is 2.18. The molecule has 14 N–H and O–H groups in total. The van der Waals surface area contributed by atoms with Gasteiger partial charge in [-0.3, -0.25) is 18.2 Å². The van der Waals surface area contributed by atoms with Crippen molar-refractivity contribution >= 4 is 101 Å². The van der Waals surface area contributed by atoms with Crippen molar-refractivity contribution in [1.29, 1.82) is 0 Å². The van der Waals surface area contributed by atoms with Crippen molar-refractivity contribution in [2.24, 2.45) is 0 Å². The van der Waals surface area contributed by atoms with Crippen molar-refractivity contribution in [3.63, 3.8) is 0 Å². The summed E-state index contributed by atoms with van der Waals surface area (Å²) in [5.41, 5.74) is 0.194. The van der Waals surface area contributed by atoms with Gasteiger partial charge in [0, 0.05) is 49.2 Å². The van der Waals surface area contributed by atoms with Gasteiger partial charge in [0.05, 0.1) is 36.9 Å². The number of aliphatic hydroxyl groups is 4. The van der Waals surface area contributed by atoms with Crippen molar-refractivity contribution in [3.05, 3.63) is 47.5 Å². The topological polar surface area (TPSA) is 440 Å². The molecule has 0 aliphatic rings. The number of nitrogens with zero attached hydrogens (tertiary/aromatic N) is 6. The lowest BCUT2D eigenvalue weighted by molar-refractivity contribution is 0.0910. The fourth-order valence-electron chi connectivity index (χ4n) is 4.79. The van der Waals surface area contributed by atoms with E-state index in [1.54, 1.807) is 0 Å². The maximum absolute atomic E-state index is 12.6. The lowest BCUT2D eigenvalue weighted by Crippen LogP contribution is -2.24. The lowest BCUT2D eigenvalue weighted by atomic mass is 10.1. The zero-order valence-electron chi connectivity index (χ0n) is 32.3. The van der Waals surface area contributed by atoms with Gasteiger partial charge in [-0.2, -0.15) is 59.4 Å². The summed E-state index contributed by atoms with van der Waals surface area (Å²) in [5, 5.41) is 53.8. The van der Waals surface area contributed by atoms with E-state index in [2.05, 4.69) is 61.8 Å². The summed E-state index contributed by atoms with van der Waals surface area (Å²) in [6.07, 6.45) is 0.374. The Balaban J connectivity index is 1.62. The van der Waals surface area contributed by atoms with E-state index >= 15 is 0 Å². The number of anilines is 8. The molecule has 2 aromatic heterocycles. The fourth-order valence-corrected chi connectivity index (χ4v) is 6.52. The molecule has 28 nitrogen and oxygen atoms in total. The molecule has 0 saturated heterocycles. The summed E-state index contributed by atoms with van der Waals surface area (Å²) in [6, 6.07) is 7.72. The van der Waals surface area contributed by atoms with Crippen molar-refractivity contribution in [3.8, 4) is 5.75 Å². The van der Waals surface area contributed by atoms with Crippen LogP contribution in [0.15, 0.2) is 41.3 Å². The molecular formula is C31H42N12O16S4. The Morgan fingerprint density at radius 1 is 0.619 bits per heavy atom. The van der Waals surface area contributed by atoms with E-state index in [0.717, 1.165) is 6.07 Å². The van der Waals surface area contributed by atoms with Crippen molar-refractivity contribution in [2.45, 2.75) is 23.5 Å². The van der Waals surface area contributed by atoms with Crippen LogP contribution in [0.4, 0.5) is 47.1 Å². The summed E-state index contributed by atoms with van der Waals surface area (Å²) in [7, 11) is -13.6. The molecule has 2 heterocycles. The van der Waals surface area contributed by atoms with Crippen LogP contribution in [0, 0.1) is 0 Å². The minimum atomic E-state index is -4.94. The van der Waals surface area contributed by atoms with E-state index in [1.165, 1.54) is 42.5 Å². The molecule has 0 fully saturated rings. The Kier molecular flexibility index (Phi) is 18.1. The molecule has 2 aromatic carbocycles. The summed E-state index contributed by atoms with van der Waals surface area (Å²) in [6.45, 7) is -1.87. The number of rotatable bonds is 26. The zero-order chi connectivity index (χ0) is 46.4. The third-order valence-electron chi connectivity index (χ3n) is 7.66. The Bertz CT molecular complexity index is 2590. The normalized spacial score (nSPS) is 13.5. The van der Waals surface area contributed by atoms with E-state index in [9.17, 15) is 48.8 Å². The predicted molar refractivity (Wildman–Crippen MR) is 227 cm³/mol. The molecule has 32 heteroatoms. The maximum atomic E-state index is 12.6. The molecule has 3 atom stereocenters. The molecule has 0 aliphatic heterocycles. The highest BCUT2D eigenvalue weighted by Crippen LogP contribution is 2.30. The minimum absolute atomic E-state index is 0.00237.